The van der Waals surface area contributed by atoms with E-state index in [1.54, 1.807) is 19.1 Å². The largest absolute Gasteiger partial charge is 0.378 e. The van der Waals surface area contributed by atoms with Crippen molar-refractivity contribution in [3.63, 3.8) is 0 Å². The normalized spacial score (nSPS) is 22.3. The van der Waals surface area contributed by atoms with E-state index in [4.69, 9.17) is 4.74 Å². The Bertz CT molecular complexity index is 321. The Morgan fingerprint density at radius 1 is 1.50 bits per heavy atom. The summed E-state index contributed by atoms with van der Waals surface area (Å²) in [5.41, 5.74) is 1.65. The molecule has 1 atom stereocenters. The predicted octanol–water partition coefficient (Wildman–Crippen LogP) is 1.80. The SMILES string of the molecule is Cc1ccc([C@@H]2COCCN2)cc1F. The van der Waals surface area contributed by atoms with Gasteiger partial charge < -0.3 is 10.1 Å². The van der Waals surface area contributed by atoms with Crippen LogP contribution in [0.25, 0.3) is 0 Å². The summed E-state index contributed by atoms with van der Waals surface area (Å²) in [5.74, 6) is -0.144. The first-order valence-corrected chi connectivity index (χ1v) is 4.84. The van der Waals surface area contributed by atoms with Gasteiger partial charge in [0.05, 0.1) is 19.3 Å². The number of morpholine rings is 1. The van der Waals surface area contributed by atoms with Gasteiger partial charge in [-0.05, 0) is 24.1 Å². The molecule has 1 N–H and O–H groups in total. The van der Waals surface area contributed by atoms with E-state index >= 15 is 0 Å². The number of rotatable bonds is 1. The topological polar surface area (TPSA) is 21.3 Å². The first-order chi connectivity index (χ1) is 6.77. The third kappa shape index (κ3) is 1.94. The second kappa shape index (κ2) is 4.07. The van der Waals surface area contributed by atoms with Crippen molar-refractivity contribution >= 4 is 0 Å². The average Bonchev–Trinajstić information content (AvgIpc) is 2.23. The van der Waals surface area contributed by atoms with Crippen LogP contribution in [0.15, 0.2) is 18.2 Å². The van der Waals surface area contributed by atoms with Gasteiger partial charge in [-0.3, -0.25) is 0 Å². The number of benzene rings is 1. The Morgan fingerprint density at radius 2 is 2.36 bits per heavy atom. The summed E-state index contributed by atoms with van der Waals surface area (Å²) in [6, 6.07) is 5.48. The van der Waals surface area contributed by atoms with Crippen molar-refractivity contribution in [2.45, 2.75) is 13.0 Å². The molecule has 0 unspecified atom stereocenters. The fraction of sp³-hybridized carbons (Fsp3) is 0.455. The van der Waals surface area contributed by atoms with Crippen molar-refractivity contribution in [1.29, 1.82) is 0 Å². The molecular weight excluding hydrogens is 181 g/mol. The molecule has 1 heterocycles. The van der Waals surface area contributed by atoms with Crippen LogP contribution in [-0.2, 0) is 4.74 Å². The molecule has 0 aliphatic carbocycles. The van der Waals surface area contributed by atoms with Crippen LogP contribution in [0.5, 0.6) is 0 Å². The van der Waals surface area contributed by atoms with Crippen LogP contribution >= 0.6 is 0 Å². The molecule has 0 radical (unpaired) electrons. The average molecular weight is 195 g/mol. The molecule has 1 aliphatic rings. The minimum atomic E-state index is -0.144. The number of nitrogens with one attached hydrogen (secondary N) is 1. The number of ether oxygens (including phenoxy) is 1. The minimum absolute atomic E-state index is 0.138. The zero-order chi connectivity index (χ0) is 9.97. The van der Waals surface area contributed by atoms with Crippen LogP contribution in [0.2, 0.25) is 0 Å². The van der Waals surface area contributed by atoms with Crippen LogP contribution < -0.4 is 5.32 Å². The van der Waals surface area contributed by atoms with Gasteiger partial charge in [-0.25, -0.2) is 4.39 Å². The molecule has 76 valence electrons. The number of halogens is 1. The van der Waals surface area contributed by atoms with Gasteiger partial charge in [0.2, 0.25) is 0 Å². The number of aryl methyl sites for hydroxylation is 1. The van der Waals surface area contributed by atoms with Gasteiger partial charge in [0.15, 0.2) is 0 Å². The number of hydrogen-bond donors (Lipinski definition) is 1. The molecule has 3 heteroatoms. The summed E-state index contributed by atoms with van der Waals surface area (Å²) in [7, 11) is 0. The molecule has 1 fully saturated rings. The third-order valence-corrected chi connectivity index (χ3v) is 2.52. The van der Waals surface area contributed by atoms with Crippen LogP contribution in [0.1, 0.15) is 17.2 Å². The molecule has 1 aromatic carbocycles. The lowest BCUT2D eigenvalue weighted by Gasteiger charge is -2.24. The van der Waals surface area contributed by atoms with E-state index in [9.17, 15) is 4.39 Å². The van der Waals surface area contributed by atoms with Crippen LogP contribution in [0.4, 0.5) is 4.39 Å². The summed E-state index contributed by atoms with van der Waals surface area (Å²) in [4.78, 5) is 0. The van der Waals surface area contributed by atoms with E-state index in [2.05, 4.69) is 5.32 Å². The second-order valence-electron chi connectivity index (χ2n) is 3.59. The first-order valence-electron chi connectivity index (χ1n) is 4.84. The maximum absolute atomic E-state index is 13.3. The van der Waals surface area contributed by atoms with Crippen molar-refractivity contribution in [1.82, 2.24) is 5.32 Å². The molecule has 1 saturated heterocycles. The summed E-state index contributed by atoms with van der Waals surface area (Å²) < 4.78 is 18.6. The van der Waals surface area contributed by atoms with Gasteiger partial charge in [0.25, 0.3) is 0 Å². The Labute approximate surface area is 83.1 Å². The first kappa shape index (κ1) is 9.62. The van der Waals surface area contributed by atoms with Gasteiger partial charge in [-0.15, -0.1) is 0 Å². The molecule has 1 aromatic rings. The highest BCUT2D eigenvalue weighted by atomic mass is 19.1. The highest BCUT2D eigenvalue weighted by Gasteiger charge is 2.15. The van der Waals surface area contributed by atoms with Crippen LogP contribution in [0.3, 0.4) is 0 Å². The van der Waals surface area contributed by atoms with Crippen molar-refractivity contribution in [2.75, 3.05) is 19.8 Å². The van der Waals surface area contributed by atoms with Crippen LogP contribution in [-0.4, -0.2) is 19.8 Å². The fourth-order valence-electron chi connectivity index (χ4n) is 1.61. The molecule has 0 bridgehead atoms. The summed E-state index contributed by atoms with van der Waals surface area (Å²) >= 11 is 0. The smallest absolute Gasteiger partial charge is 0.126 e. The second-order valence-corrected chi connectivity index (χ2v) is 3.59. The monoisotopic (exact) mass is 195 g/mol. The molecule has 0 amide bonds. The molecule has 1 aliphatic heterocycles. The third-order valence-electron chi connectivity index (χ3n) is 2.52. The molecule has 0 saturated carbocycles. The van der Waals surface area contributed by atoms with Crippen LogP contribution in [0, 0.1) is 12.7 Å². The number of hydrogen-bond acceptors (Lipinski definition) is 2. The van der Waals surface area contributed by atoms with E-state index in [1.807, 2.05) is 6.07 Å². The molecule has 2 nitrogen and oxygen atoms in total. The molecule has 0 spiro atoms. The lowest BCUT2D eigenvalue weighted by molar-refractivity contribution is 0.0768. The van der Waals surface area contributed by atoms with Gasteiger partial charge >= 0.3 is 0 Å². The van der Waals surface area contributed by atoms with E-state index in [-0.39, 0.29) is 11.9 Å². The van der Waals surface area contributed by atoms with Crippen molar-refractivity contribution in [3.8, 4) is 0 Å². The fourth-order valence-corrected chi connectivity index (χ4v) is 1.61. The highest BCUT2D eigenvalue weighted by molar-refractivity contribution is 5.26. The summed E-state index contributed by atoms with van der Waals surface area (Å²) in [6.07, 6.45) is 0. The van der Waals surface area contributed by atoms with E-state index < -0.39 is 0 Å². The molecule has 0 aromatic heterocycles. The maximum Gasteiger partial charge on any atom is 0.126 e. The summed E-state index contributed by atoms with van der Waals surface area (Å²) in [6.45, 7) is 3.97. The zero-order valence-electron chi connectivity index (χ0n) is 8.22. The Hall–Kier alpha value is -0.930. The lowest BCUT2D eigenvalue weighted by Crippen LogP contribution is -2.34. The van der Waals surface area contributed by atoms with Gasteiger partial charge in [0.1, 0.15) is 5.82 Å². The van der Waals surface area contributed by atoms with Crippen molar-refractivity contribution in [3.05, 3.63) is 35.1 Å². The van der Waals surface area contributed by atoms with E-state index in [1.165, 1.54) is 0 Å². The summed E-state index contributed by atoms with van der Waals surface area (Å²) in [5, 5.41) is 3.29. The van der Waals surface area contributed by atoms with Gasteiger partial charge in [0, 0.05) is 6.54 Å². The minimum Gasteiger partial charge on any atom is -0.378 e. The van der Waals surface area contributed by atoms with E-state index in [0.29, 0.717) is 12.2 Å². The predicted molar refractivity (Wildman–Crippen MR) is 52.7 cm³/mol. The Balaban J connectivity index is 2.18. The lowest BCUT2D eigenvalue weighted by atomic mass is 10.0. The van der Waals surface area contributed by atoms with Crippen molar-refractivity contribution in [2.24, 2.45) is 0 Å². The molecule has 2 rings (SSSR count). The maximum atomic E-state index is 13.3. The van der Waals surface area contributed by atoms with Gasteiger partial charge in [-0.2, -0.15) is 0 Å². The quantitative estimate of drug-likeness (QED) is 0.737. The highest BCUT2D eigenvalue weighted by Crippen LogP contribution is 2.18. The Morgan fingerprint density at radius 3 is 3.00 bits per heavy atom. The van der Waals surface area contributed by atoms with E-state index in [0.717, 1.165) is 18.7 Å². The standard InChI is InChI=1S/C11H14FNO/c1-8-2-3-9(6-10(8)12)11-7-14-5-4-13-11/h2-3,6,11,13H,4-5,7H2,1H3/t11-/m0/s1. The molecule has 14 heavy (non-hydrogen) atoms. The van der Waals surface area contributed by atoms with Gasteiger partial charge in [-0.1, -0.05) is 12.1 Å². The van der Waals surface area contributed by atoms with Crippen molar-refractivity contribution < 1.29 is 9.13 Å². The zero-order valence-corrected chi connectivity index (χ0v) is 8.22. The molecular formula is C11H14FNO. The Kier molecular flexibility index (Phi) is 2.79.